The van der Waals surface area contributed by atoms with Gasteiger partial charge in [0.25, 0.3) is 5.56 Å². The summed E-state index contributed by atoms with van der Waals surface area (Å²) in [6.07, 6.45) is 1.54. The number of fused-ring (bicyclic) bond motifs is 1. The second kappa shape index (κ2) is 5.58. The van der Waals surface area contributed by atoms with Crippen molar-refractivity contribution in [1.82, 2.24) is 9.55 Å². The van der Waals surface area contributed by atoms with Gasteiger partial charge in [-0.05, 0) is 38.0 Å². The highest BCUT2D eigenvalue weighted by molar-refractivity contribution is 5.81. The highest BCUT2D eigenvalue weighted by Gasteiger charge is 2.31. The Balaban J connectivity index is 2.11. The van der Waals surface area contributed by atoms with Crippen LogP contribution in [0.15, 0.2) is 23.3 Å². The molecule has 2 aromatic rings. The Morgan fingerprint density at radius 3 is 2.95 bits per heavy atom. The molecule has 3 rings (SSSR count). The Morgan fingerprint density at radius 1 is 1.38 bits per heavy atom. The van der Waals surface area contributed by atoms with E-state index in [1.807, 2.05) is 32.9 Å². The van der Waals surface area contributed by atoms with E-state index < -0.39 is 0 Å². The standard InChI is InChI=1S/C16H20N2O3/c1-4-21-14-8-20-7-13(14)18-9-17-15-11(3)10(2)5-6-12(15)16(18)19/h5-6,9,13-14H,4,7-8H2,1-3H3/t13-,14-/m0/s1. The van der Waals surface area contributed by atoms with Gasteiger partial charge in [0.1, 0.15) is 6.10 Å². The van der Waals surface area contributed by atoms with Crippen molar-refractivity contribution in [2.45, 2.75) is 32.9 Å². The van der Waals surface area contributed by atoms with Gasteiger partial charge in [0.15, 0.2) is 0 Å². The first kappa shape index (κ1) is 14.2. The van der Waals surface area contributed by atoms with Gasteiger partial charge in [-0.25, -0.2) is 4.98 Å². The zero-order valence-corrected chi connectivity index (χ0v) is 12.6. The van der Waals surface area contributed by atoms with Crippen molar-refractivity contribution in [3.8, 4) is 0 Å². The van der Waals surface area contributed by atoms with Crippen LogP contribution in [0.5, 0.6) is 0 Å². The van der Waals surface area contributed by atoms with Crippen LogP contribution in [0.1, 0.15) is 24.1 Å². The second-order valence-electron chi connectivity index (χ2n) is 5.46. The van der Waals surface area contributed by atoms with Crippen molar-refractivity contribution in [3.63, 3.8) is 0 Å². The smallest absolute Gasteiger partial charge is 0.261 e. The van der Waals surface area contributed by atoms with Gasteiger partial charge in [-0.3, -0.25) is 9.36 Å². The number of hydrogen-bond acceptors (Lipinski definition) is 4. The largest absolute Gasteiger partial charge is 0.376 e. The summed E-state index contributed by atoms with van der Waals surface area (Å²) in [7, 11) is 0. The lowest BCUT2D eigenvalue weighted by Gasteiger charge is -2.20. The van der Waals surface area contributed by atoms with Gasteiger partial charge in [0.05, 0.1) is 36.5 Å². The number of benzene rings is 1. The van der Waals surface area contributed by atoms with E-state index >= 15 is 0 Å². The fourth-order valence-corrected chi connectivity index (χ4v) is 2.84. The minimum atomic E-state index is -0.101. The van der Waals surface area contributed by atoms with Gasteiger partial charge in [-0.2, -0.15) is 0 Å². The fourth-order valence-electron chi connectivity index (χ4n) is 2.84. The van der Waals surface area contributed by atoms with Gasteiger partial charge in [0, 0.05) is 6.61 Å². The summed E-state index contributed by atoms with van der Waals surface area (Å²) >= 11 is 0. The molecular weight excluding hydrogens is 268 g/mol. The normalized spacial score (nSPS) is 22.0. The van der Waals surface area contributed by atoms with Crippen LogP contribution in [0.25, 0.3) is 10.9 Å². The molecule has 1 aliphatic rings. The van der Waals surface area contributed by atoms with Crippen molar-refractivity contribution in [2.24, 2.45) is 0 Å². The molecule has 0 aliphatic carbocycles. The number of ether oxygens (including phenoxy) is 2. The molecule has 21 heavy (non-hydrogen) atoms. The van der Waals surface area contributed by atoms with Crippen molar-refractivity contribution in [2.75, 3.05) is 19.8 Å². The van der Waals surface area contributed by atoms with Crippen LogP contribution in [0.4, 0.5) is 0 Å². The highest BCUT2D eigenvalue weighted by Crippen LogP contribution is 2.22. The van der Waals surface area contributed by atoms with E-state index in [1.165, 1.54) is 0 Å². The summed E-state index contributed by atoms with van der Waals surface area (Å²) < 4.78 is 12.8. The summed E-state index contributed by atoms with van der Waals surface area (Å²) in [5, 5.41) is 0.655. The van der Waals surface area contributed by atoms with Crippen LogP contribution in [0.2, 0.25) is 0 Å². The highest BCUT2D eigenvalue weighted by atomic mass is 16.5. The van der Waals surface area contributed by atoms with E-state index in [-0.39, 0.29) is 17.7 Å². The van der Waals surface area contributed by atoms with Crippen LogP contribution < -0.4 is 5.56 Å². The van der Waals surface area contributed by atoms with E-state index in [0.717, 1.165) is 16.6 Å². The van der Waals surface area contributed by atoms with E-state index in [9.17, 15) is 4.79 Å². The lowest BCUT2D eigenvalue weighted by molar-refractivity contribution is 0.0356. The molecule has 0 spiro atoms. The van der Waals surface area contributed by atoms with Crippen LogP contribution in [-0.2, 0) is 9.47 Å². The Morgan fingerprint density at radius 2 is 2.19 bits per heavy atom. The van der Waals surface area contributed by atoms with Gasteiger partial charge >= 0.3 is 0 Å². The number of hydrogen-bond donors (Lipinski definition) is 0. The minimum absolute atomic E-state index is 0.0247. The van der Waals surface area contributed by atoms with E-state index in [1.54, 1.807) is 10.9 Å². The molecule has 1 aromatic heterocycles. The van der Waals surface area contributed by atoms with Crippen molar-refractivity contribution in [3.05, 3.63) is 39.9 Å². The maximum Gasteiger partial charge on any atom is 0.261 e. The van der Waals surface area contributed by atoms with Gasteiger partial charge < -0.3 is 9.47 Å². The molecular formula is C16H20N2O3. The molecule has 5 heteroatoms. The summed E-state index contributed by atoms with van der Waals surface area (Å²) in [4.78, 5) is 17.2. The van der Waals surface area contributed by atoms with E-state index in [0.29, 0.717) is 25.2 Å². The molecule has 2 atom stereocenters. The summed E-state index contributed by atoms with van der Waals surface area (Å²) in [6, 6.07) is 3.72. The monoisotopic (exact) mass is 288 g/mol. The average molecular weight is 288 g/mol. The van der Waals surface area contributed by atoms with Crippen LogP contribution >= 0.6 is 0 Å². The molecule has 5 nitrogen and oxygen atoms in total. The van der Waals surface area contributed by atoms with Gasteiger partial charge in [-0.15, -0.1) is 0 Å². The lowest BCUT2D eigenvalue weighted by Crippen LogP contribution is -2.33. The van der Waals surface area contributed by atoms with Gasteiger partial charge in [0.2, 0.25) is 0 Å². The molecule has 0 saturated carbocycles. The summed E-state index contributed by atoms with van der Waals surface area (Å²) in [5.41, 5.74) is 2.95. The first-order valence-corrected chi connectivity index (χ1v) is 7.30. The Hall–Kier alpha value is -1.72. The predicted molar refractivity (Wildman–Crippen MR) is 80.7 cm³/mol. The molecule has 1 saturated heterocycles. The summed E-state index contributed by atoms with van der Waals surface area (Å²) in [5.74, 6) is 0. The topological polar surface area (TPSA) is 53.4 Å². The minimum Gasteiger partial charge on any atom is -0.376 e. The van der Waals surface area contributed by atoms with Gasteiger partial charge in [-0.1, -0.05) is 6.07 Å². The van der Waals surface area contributed by atoms with Crippen LogP contribution in [0.3, 0.4) is 0 Å². The van der Waals surface area contributed by atoms with Crippen molar-refractivity contribution >= 4 is 10.9 Å². The molecule has 1 fully saturated rings. The number of aromatic nitrogens is 2. The zero-order valence-electron chi connectivity index (χ0n) is 12.6. The molecule has 0 N–H and O–H groups in total. The molecule has 2 heterocycles. The molecule has 0 amide bonds. The molecule has 1 aliphatic heterocycles. The third-order valence-corrected chi connectivity index (χ3v) is 4.22. The third-order valence-electron chi connectivity index (χ3n) is 4.22. The number of rotatable bonds is 3. The van der Waals surface area contributed by atoms with Crippen molar-refractivity contribution in [1.29, 1.82) is 0 Å². The maximum absolute atomic E-state index is 12.7. The first-order valence-electron chi connectivity index (χ1n) is 7.30. The summed E-state index contributed by atoms with van der Waals surface area (Å²) in [6.45, 7) is 7.59. The van der Waals surface area contributed by atoms with Crippen LogP contribution in [-0.4, -0.2) is 35.5 Å². The number of nitrogens with zero attached hydrogens (tertiary/aromatic N) is 2. The first-order chi connectivity index (χ1) is 10.1. The second-order valence-corrected chi connectivity index (χ2v) is 5.46. The Kier molecular flexibility index (Phi) is 3.78. The third kappa shape index (κ3) is 2.36. The maximum atomic E-state index is 12.7. The molecule has 0 bridgehead atoms. The lowest BCUT2D eigenvalue weighted by atomic mass is 10.1. The Labute approximate surface area is 123 Å². The quantitative estimate of drug-likeness (QED) is 0.866. The fraction of sp³-hybridized carbons (Fsp3) is 0.500. The molecule has 1 aromatic carbocycles. The predicted octanol–water partition coefficient (Wildman–Crippen LogP) is 1.99. The van der Waals surface area contributed by atoms with E-state index in [4.69, 9.17) is 9.47 Å². The average Bonchev–Trinajstić information content (AvgIpc) is 2.92. The SMILES string of the molecule is CCO[C@H]1COC[C@@H]1n1cnc2c(C)c(C)ccc2c1=O. The molecule has 112 valence electrons. The zero-order chi connectivity index (χ0) is 15.0. The molecule has 0 radical (unpaired) electrons. The van der Waals surface area contributed by atoms with E-state index in [2.05, 4.69) is 4.98 Å². The van der Waals surface area contributed by atoms with Crippen molar-refractivity contribution < 1.29 is 9.47 Å². The van der Waals surface area contributed by atoms with Crippen LogP contribution in [0, 0.1) is 13.8 Å². The Bertz CT molecular complexity index is 723. The molecule has 0 unspecified atom stereocenters. The number of aryl methyl sites for hydroxylation is 2.